The van der Waals surface area contributed by atoms with Crippen molar-refractivity contribution in [1.29, 1.82) is 5.41 Å². The monoisotopic (exact) mass is 196 g/mol. The van der Waals surface area contributed by atoms with Crippen LogP contribution in [0.4, 0.5) is 0 Å². The highest BCUT2D eigenvalue weighted by Gasteiger charge is 1.94. The Labute approximate surface area is 84.4 Å². The van der Waals surface area contributed by atoms with Crippen molar-refractivity contribution in [3.63, 3.8) is 0 Å². The molecule has 0 unspecified atom stereocenters. The lowest BCUT2D eigenvalue weighted by Gasteiger charge is -1.99. The van der Waals surface area contributed by atoms with Gasteiger partial charge in [0.2, 0.25) is 0 Å². The van der Waals surface area contributed by atoms with Crippen molar-refractivity contribution in [2.75, 3.05) is 0 Å². The van der Waals surface area contributed by atoms with Gasteiger partial charge >= 0.3 is 0 Å². The minimum Gasteiger partial charge on any atom is -0.384 e. The lowest BCUT2D eigenvalue weighted by molar-refractivity contribution is 1.27. The standard InChI is InChI=1S/C10H12N2.ClH/c1-2-3-8-4-6-9(7-5-8)10(11)12;/h2,4-7H,1,3H2,(H3,11,12);1H. The van der Waals surface area contributed by atoms with Crippen molar-refractivity contribution in [3.05, 3.63) is 48.0 Å². The number of allylic oxidation sites excluding steroid dienone is 1. The zero-order valence-electron chi connectivity index (χ0n) is 7.29. The van der Waals surface area contributed by atoms with Crippen molar-refractivity contribution in [2.24, 2.45) is 5.73 Å². The van der Waals surface area contributed by atoms with E-state index in [2.05, 4.69) is 6.58 Å². The Hall–Kier alpha value is -1.28. The molecule has 0 fully saturated rings. The van der Waals surface area contributed by atoms with Crippen LogP contribution in [0.3, 0.4) is 0 Å². The third-order valence-electron chi connectivity index (χ3n) is 1.64. The minimum absolute atomic E-state index is 0. The number of amidine groups is 1. The molecule has 0 radical (unpaired) electrons. The molecule has 0 aromatic heterocycles. The number of rotatable bonds is 3. The minimum atomic E-state index is 0. The zero-order chi connectivity index (χ0) is 8.97. The molecule has 0 saturated heterocycles. The number of nitrogens with one attached hydrogen (secondary N) is 1. The van der Waals surface area contributed by atoms with E-state index in [4.69, 9.17) is 11.1 Å². The average Bonchev–Trinajstić information content (AvgIpc) is 2.06. The normalized spacial score (nSPS) is 8.62. The summed E-state index contributed by atoms with van der Waals surface area (Å²) in [6.07, 6.45) is 2.71. The molecule has 1 aromatic carbocycles. The summed E-state index contributed by atoms with van der Waals surface area (Å²) in [5.41, 5.74) is 7.26. The van der Waals surface area contributed by atoms with Gasteiger partial charge in [0.1, 0.15) is 5.84 Å². The molecule has 3 N–H and O–H groups in total. The predicted molar refractivity (Wildman–Crippen MR) is 58.6 cm³/mol. The fourth-order valence-electron chi connectivity index (χ4n) is 0.987. The number of halogens is 1. The van der Waals surface area contributed by atoms with Crippen LogP contribution in [0, 0.1) is 5.41 Å². The van der Waals surface area contributed by atoms with Crippen LogP contribution in [0.1, 0.15) is 11.1 Å². The van der Waals surface area contributed by atoms with Crippen LogP contribution in [0.25, 0.3) is 0 Å². The van der Waals surface area contributed by atoms with E-state index in [1.807, 2.05) is 30.3 Å². The van der Waals surface area contributed by atoms with Crippen LogP contribution in [-0.2, 0) is 6.42 Å². The molecule has 2 nitrogen and oxygen atoms in total. The van der Waals surface area contributed by atoms with Crippen LogP contribution >= 0.6 is 12.4 Å². The lowest BCUT2D eigenvalue weighted by Crippen LogP contribution is -2.10. The molecule has 0 heterocycles. The number of hydrogen-bond acceptors (Lipinski definition) is 1. The van der Waals surface area contributed by atoms with Crippen molar-refractivity contribution in [3.8, 4) is 0 Å². The third-order valence-corrected chi connectivity index (χ3v) is 1.64. The Morgan fingerprint density at radius 1 is 1.38 bits per heavy atom. The smallest absolute Gasteiger partial charge is 0.122 e. The van der Waals surface area contributed by atoms with Crippen LogP contribution in [0.5, 0.6) is 0 Å². The van der Waals surface area contributed by atoms with E-state index < -0.39 is 0 Å². The van der Waals surface area contributed by atoms with Gasteiger partial charge in [-0.25, -0.2) is 0 Å². The van der Waals surface area contributed by atoms with E-state index in [0.29, 0.717) is 0 Å². The summed E-state index contributed by atoms with van der Waals surface area (Å²) in [6, 6.07) is 7.61. The van der Waals surface area contributed by atoms with Crippen molar-refractivity contribution >= 4 is 18.2 Å². The Morgan fingerprint density at radius 2 is 1.92 bits per heavy atom. The molecule has 0 bridgehead atoms. The van der Waals surface area contributed by atoms with Gasteiger partial charge in [-0.2, -0.15) is 0 Å². The van der Waals surface area contributed by atoms with Crippen LogP contribution in [-0.4, -0.2) is 5.84 Å². The molecule has 0 aliphatic carbocycles. The zero-order valence-corrected chi connectivity index (χ0v) is 8.10. The fraction of sp³-hybridized carbons (Fsp3) is 0.100. The average molecular weight is 197 g/mol. The maximum absolute atomic E-state index is 7.17. The SMILES string of the molecule is C=CCc1ccc(C(=N)N)cc1.Cl. The summed E-state index contributed by atoms with van der Waals surface area (Å²) in [6.45, 7) is 3.65. The van der Waals surface area contributed by atoms with Gasteiger partial charge in [-0.1, -0.05) is 30.3 Å². The molecule has 3 heteroatoms. The van der Waals surface area contributed by atoms with E-state index >= 15 is 0 Å². The highest BCUT2D eigenvalue weighted by atomic mass is 35.5. The Balaban J connectivity index is 0.00000144. The van der Waals surface area contributed by atoms with Crippen LogP contribution in [0.15, 0.2) is 36.9 Å². The lowest BCUT2D eigenvalue weighted by atomic mass is 10.1. The highest BCUT2D eigenvalue weighted by Crippen LogP contribution is 2.04. The quantitative estimate of drug-likeness (QED) is 0.434. The molecule has 1 rings (SSSR count). The van der Waals surface area contributed by atoms with Crippen molar-refractivity contribution in [1.82, 2.24) is 0 Å². The number of hydrogen-bond donors (Lipinski definition) is 2. The van der Waals surface area contributed by atoms with Crippen molar-refractivity contribution < 1.29 is 0 Å². The number of benzene rings is 1. The van der Waals surface area contributed by atoms with Crippen molar-refractivity contribution in [2.45, 2.75) is 6.42 Å². The number of nitrogens with two attached hydrogens (primary N) is 1. The molecular formula is C10H13ClN2. The van der Waals surface area contributed by atoms with E-state index in [9.17, 15) is 0 Å². The fourth-order valence-corrected chi connectivity index (χ4v) is 0.987. The summed E-state index contributed by atoms with van der Waals surface area (Å²) in [5, 5.41) is 7.17. The predicted octanol–water partition coefficient (Wildman–Crippen LogP) is 2.12. The molecule has 0 spiro atoms. The van der Waals surface area contributed by atoms with E-state index in [0.717, 1.165) is 12.0 Å². The summed E-state index contributed by atoms with van der Waals surface area (Å²) in [7, 11) is 0. The van der Waals surface area contributed by atoms with Gasteiger partial charge in [-0.3, -0.25) is 5.41 Å². The molecule has 1 aromatic rings. The summed E-state index contributed by atoms with van der Waals surface area (Å²) in [4.78, 5) is 0. The summed E-state index contributed by atoms with van der Waals surface area (Å²) < 4.78 is 0. The van der Waals surface area contributed by atoms with Gasteiger partial charge in [0.05, 0.1) is 0 Å². The maximum atomic E-state index is 7.17. The van der Waals surface area contributed by atoms with Crippen LogP contribution < -0.4 is 5.73 Å². The summed E-state index contributed by atoms with van der Waals surface area (Å²) in [5.74, 6) is 0.111. The maximum Gasteiger partial charge on any atom is 0.122 e. The molecule has 0 aliphatic heterocycles. The largest absolute Gasteiger partial charge is 0.384 e. The first-order valence-corrected chi connectivity index (χ1v) is 3.78. The Bertz CT molecular complexity index is 290. The topological polar surface area (TPSA) is 49.9 Å². The van der Waals surface area contributed by atoms with E-state index in [-0.39, 0.29) is 18.2 Å². The second kappa shape index (κ2) is 5.38. The van der Waals surface area contributed by atoms with E-state index in [1.54, 1.807) is 0 Å². The molecule has 0 amide bonds. The second-order valence-corrected chi connectivity index (χ2v) is 2.60. The number of nitrogen functional groups attached to an aromatic ring is 1. The van der Waals surface area contributed by atoms with Gasteiger partial charge < -0.3 is 5.73 Å². The Kier molecular flexibility index (Phi) is 4.85. The van der Waals surface area contributed by atoms with E-state index in [1.165, 1.54) is 5.56 Å². The van der Waals surface area contributed by atoms with Crippen LogP contribution in [0.2, 0.25) is 0 Å². The molecule has 70 valence electrons. The van der Waals surface area contributed by atoms with Gasteiger partial charge in [0, 0.05) is 5.56 Å². The molecular weight excluding hydrogens is 184 g/mol. The van der Waals surface area contributed by atoms with Gasteiger partial charge in [-0.15, -0.1) is 19.0 Å². The van der Waals surface area contributed by atoms with Gasteiger partial charge in [-0.05, 0) is 12.0 Å². The second-order valence-electron chi connectivity index (χ2n) is 2.60. The van der Waals surface area contributed by atoms with Gasteiger partial charge in [0.15, 0.2) is 0 Å². The first-order valence-electron chi connectivity index (χ1n) is 3.78. The molecule has 0 atom stereocenters. The first-order chi connectivity index (χ1) is 5.74. The molecule has 0 saturated carbocycles. The van der Waals surface area contributed by atoms with Gasteiger partial charge in [0.25, 0.3) is 0 Å². The first kappa shape index (κ1) is 11.7. The molecule has 0 aliphatic rings. The highest BCUT2D eigenvalue weighted by molar-refractivity contribution is 5.94. The summed E-state index contributed by atoms with van der Waals surface area (Å²) >= 11 is 0. The molecule has 13 heavy (non-hydrogen) atoms. The Morgan fingerprint density at radius 3 is 2.31 bits per heavy atom. The third kappa shape index (κ3) is 3.30.